The van der Waals surface area contributed by atoms with Gasteiger partial charge in [0.05, 0.1) is 50.7 Å². The van der Waals surface area contributed by atoms with Gasteiger partial charge in [0.15, 0.2) is 12.6 Å². The molecule has 14 N–H and O–H groups in total. The van der Waals surface area contributed by atoms with Crippen LogP contribution in [0.2, 0.25) is 0 Å². The van der Waals surface area contributed by atoms with Crippen LogP contribution >= 0.6 is 0 Å². The molecule has 3 saturated heterocycles. The van der Waals surface area contributed by atoms with Gasteiger partial charge in [0.25, 0.3) is 5.79 Å². The summed E-state index contributed by atoms with van der Waals surface area (Å²) in [7, 11) is 0. The molecule has 0 aromatic heterocycles. The third-order valence-corrected chi connectivity index (χ3v) is 20.5. The summed E-state index contributed by atoms with van der Waals surface area (Å²) in [5.74, 6) is -6.09. The van der Waals surface area contributed by atoms with Gasteiger partial charge in [-0.15, -0.1) is 0 Å². The van der Waals surface area contributed by atoms with Crippen LogP contribution in [0.3, 0.4) is 0 Å². The molecule has 2 amide bonds. The van der Waals surface area contributed by atoms with E-state index in [1.165, 1.54) is 218 Å². The maximum atomic E-state index is 13.5. The summed E-state index contributed by atoms with van der Waals surface area (Å²) in [5, 5.41) is 136. The van der Waals surface area contributed by atoms with Gasteiger partial charge >= 0.3 is 5.97 Å². The van der Waals surface area contributed by atoms with Gasteiger partial charge in [-0.05, 0) is 38.5 Å². The number of hydrogen-bond donors (Lipinski definition) is 14. The van der Waals surface area contributed by atoms with Gasteiger partial charge in [0.2, 0.25) is 11.8 Å². The first-order valence-electron chi connectivity index (χ1n) is 40.0. The Morgan fingerprint density at radius 2 is 0.930 bits per heavy atom. The van der Waals surface area contributed by atoms with Gasteiger partial charge in [-0.1, -0.05) is 276 Å². The van der Waals surface area contributed by atoms with Gasteiger partial charge < -0.3 is 100 Å². The van der Waals surface area contributed by atoms with Crippen molar-refractivity contribution in [3.05, 3.63) is 12.2 Å². The fraction of sp³-hybridized carbons (Fsp3) is 0.935. The number of aliphatic hydroxyl groups is 11. The standard InChI is InChI=1S/C77H144N2O21/c1-4-6-8-10-12-14-16-18-19-20-21-22-23-24-25-26-27-28-29-30-31-32-33-34-35-36-37-39-41-43-45-47-49-51-64(87)79-58(59(84)50-48-46-44-42-40-38-17-15-13-11-9-7-5-2)56-95-74-69(91)68(90)71(63(55-82)97-74)98-75-70(92)73(67(89)62(54-81)96-75)100-77(76(93)94)52-60(85)65(78-57(3)83)72(99-77)66(88)61(86)53-80/h24-25,58-63,65-75,80-82,84-86,88-92H,4-23,26-56H2,1-3H3,(H,78,83)(H,79,87)(H,93,94)/b25-24-. The Bertz CT molecular complexity index is 2050. The maximum Gasteiger partial charge on any atom is 0.364 e. The molecule has 3 rings (SSSR count). The number of aliphatic carboxylic acids is 1. The van der Waals surface area contributed by atoms with E-state index in [0.717, 1.165) is 58.3 Å². The number of allylic oxidation sites excluding steroid dienone is 2. The molecule has 23 nitrogen and oxygen atoms in total. The lowest BCUT2D eigenvalue weighted by Gasteiger charge is -2.50. The highest BCUT2D eigenvalue weighted by molar-refractivity contribution is 5.77. The summed E-state index contributed by atoms with van der Waals surface area (Å²) in [6.07, 6.45) is 31.0. The zero-order valence-corrected chi connectivity index (χ0v) is 62.1. The van der Waals surface area contributed by atoms with Crippen molar-refractivity contribution in [3.63, 3.8) is 0 Å². The average Bonchev–Trinajstić information content (AvgIpc) is 0.756. The topological polar surface area (TPSA) is 373 Å². The van der Waals surface area contributed by atoms with Gasteiger partial charge in [-0.3, -0.25) is 9.59 Å². The quantitative estimate of drug-likeness (QED) is 0.0199. The smallest absolute Gasteiger partial charge is 0.364 e. The van der Waals surface area contributed by atoms with Crippen LogP contribution in [0, 0.1) is 0 Å². The zero-order valence-electron chi connectivity index (χ0n) is 62.1. The third-order valence-electron chi connectivity index (χ3n) is 20.5. The van der Waals surface area contributed by atoms with Gasteiger partial charge in [0.1, 0.15) is 67.1 Å². The summed E-state index contributed by atoms with van der Waals surface area (Å²) in [5.41, 5.74) is 0. The first-order chi connectivity index (χ1) is 48.4. The van der Waals surface area contributed by atoms with E-state index in [0.29, 0.717) is 19.3 Å². The lowest BCUT2D eigenvalue weighted by molar-refractivity contribution is -0.386. The van der Waals surface area contributed by atoms with E-state index in [4.69, 9.17) is 28.4 Å². The van der Waals surface area contributed by atoms with E-state index in [1.54, 1.807) is 0 Å². The molecule has 100 heavy (non-hydrogen) atoms. The number of carbonyl (C=O) groups excluding carboxylic acids is 2. The van der Waals surface area contributed by atoms with Crippen molar-refractivity contribution in [2.45, 2.75) is 432 Å². The van der Waals surface area contributed by atoms with Crippen molar-refractivity contribution < 1.29 is 104 Å². The highest BCUT2D eigenvalue weighted by Gasteiger charge is 2.60. The van der Waals surface area contributed by atoms with Crippen molar-refractivity contribution in [2.24, 2.45) is 0 Å². The fourth-order valence-electron chi connectivity index (χ4n) is 14.1. The fourth-order valence-corrected chi connectivity index (χ4v) is 14.1. The molecular formula is C77H144N2O21. The Labute approximate surface area is 601 Å². The number of nitrogens with one attached hydrogen (secondary N) is 2. The van der Waals surface area contributed by atoms with E-state index in [-0.39, 0.29) is 18.9 Å². The highest BCUT2D eigenvalue weighted by atomic mass is 16.8. The average molecular weight is 1430 g/mol. The predicted molar refractivity (Wildman–Crippen MR) is 385 cm³/mol. The number of aliphatic hydroxyl groups excluding tert-OH is 11. The second-order valence-corrected chi connectivity index (χ2v) is 29.3. The molecule has 0 radical (unpaired) electrons. The molecule has 0 aromatic rings. The molecule has 23 heteroatoms. The number of rotatable bonds is 63. The van der Waals surface area contributed by atoms with Crippen LogP contribution in [0.5, 0.6) is 0 Å². The van der Waals surface area contributed by atoms with E-state index in [9.17, 15) is 75.7 Å². The van der Waals surface area contributed by atoms with Crippen molar-refractivity contribution in [2.75, 3.05) is 26.4 Å². The van der Waals surface area contributed by atoms with Gasteiger partial charge in [0, 0.05) is 19.8 Å². The first-order valence-corrected chi connectivity index (χ1v) is 40.0. The summed E-state index contributed by atoms with van der Waals surface area (Å²) >= 11 is 0. The Morgan fingerprint density at radius 3 is 1.35 bits per heavy atom. The van der Waals surface area contributed by atoms with E-state index in [1.807, 2.05) is 0 Å². The number of hydrogen-bond acceptors (Lipinski definition) is 20. The second-order valence-electron chi connectivity index (χ2n) is 29.3. The molecule has 3 aliphatic heterocycles. The van der Waals surface area contributed by atoms with Crippen LogP contribution < -0.4 is 10.6 Å². The van der Waals surface area contributed by atoms with Gasteiger partial charge in [-0.2, -0.15) is 0 Å². The predicted octanol–water partition coefficient (Wildman–Crippen LogP) is 10.2. The molecule has 0 spiro atoms. The molecule has 18 unspecified atom stereocenters. The molecule has 3 aliphatic rings. The summed E-state index contributed by atoms with van der Waals surface area (Å²) < 4.78 is 34.9. The zero-order chi connectivity index (χ0) is 73.2. The largest absolute Gasteiger partial charge is 0.477 e. The number of amides is 2. The molecule has 0 saturated carbocycles. The molecule has 588 valence electrons. The summed E-state index contributed by atoms with van der Waals surface area (Å²) in [6, 6.07) is -2.53. The first kappa shape index (κ1) is 91.7. The lowest BCUT2D eigenvalue weighted by atomic mass is 9.88. The Hall–Kier alpha value is -2.53. The van der Waals surface area contributed by atoms with Crippen LogP contribution in [-0.4, -0.2) is 215 Å². The van der Waals surface area contributed by atoms with Crippen LogP contribution in [-0.2, 0) is 42.8 Å². The summed E-state index contributed by atoms with van der Waals surface area (Å²) in [4.78, 5) is 38.6. The van der Waals surface area contributed by atoms with Crippen molar-refractivity contribution in [1.29, 1.82) is 0 Å². The normalized spacial score (nSPS) is 27.0. The minimum atomic E-state index is -3.08. The molecule has 0 aromatic carbocycles. The Morgan fingerprint density at radius 1 is 0.510 bits per heavy atom. The van der Waals surface area contributed by atoms with E-state index >= 15 is 0 Å². The van der Waals surface area contributed by atoms with Crippen molar-refractivity contribution in [3.8, 4) is 0 Å². The number of carboxylic acid groups (broad SMARTS) is 1. The summed E-state index contributed by atoms with van der Waals surface area (Å²) in [6.45, 7) is 2.23. The minimum Gasteiger partial charge on any atom is -0.477 e. The third kappa shape index (κ3) is 37.1. The lowest BCUT2D eigenvalue weighted by Crippen LogP contribution is -2.70. The molecule has 0 bridgehead atoms. The maximum absolute atomic E-state index is 13.5. The van der Waals surface area contributed by atoms with Crippen LogP contribution in [0.15, 0.2) is 12.2 Å². The van der Waals surface area contributed by atoms with E-state index < -0.39 is 148 Å². The highest BCUT2D eigenvalue weighted by Crippen LogP contribution is 2.39. The van der Waals surface area contributed by atoms with Crippen LogP contribution in [0.1, 0.15) is 323 Å². The number of unbranched alkanes of at least 4 members (excludes halogenated alkanes) is 41. The van der Waals surface area contributed by atoms with Crippen LogP contribution in [0.4, 0.5) is 0 Å². The molecule has 3 heterocycles. The monoisotopic (exact) mass is 1430 g/mol. The second kappa shape index (κ2) is 56.8. The van der Waals surface area contributed by atoms with Gasteiger partial charge in [-0.25, -0.2) is 4.79 Å². The minimum absolute atomic E-state index is 0.227. The molecular weight excluding hydrogens is 1290 g/mol. The van der Waals surface area contributed by atoms with Crippen LogP contribution in [0.25, 0.3) is 0 Å². The van der Waals surface area contributed by atoms with Crippen molar-refractivity contribution in [1.82, 2.24) is 10.6 Å². The Balaban J connectivity index is 1.44. The molecule has 3 fully saturated rings. The van der Waals surface area contributed by atoms with E-state index in [2.05, 4.69) is 36.6 Å². The number of carbonyl (C=O) groups is 3. The van der Waals surface area contributed by atoms with Crippen molar-refractivity contribution >= 4 is 17.8 Å². The SMILES string of the molecule is CCCCCCCCCCCCCC/C=C\CCCCCCCCCCCCCCCCCCCC(=O)NC(COC1OC(CO)C(OC2OC(CO)C(O)C(OC3(C(=O)O)CC(O)C(NC(C)=O)C(C(O)C(O)CO)O3)C2O)C(O)C1O)C(O)CCCCCCCCCCCCCCC. The molecule has 0 aliphatic carbocycles. The Kier molecular flexibility index (Phi) is 52.0. The number of carboxylic acids is 1. The number of ether oxygens (including phenoxy) is 6. The molecule has 18 atom stereocenters.